The second kappa shape index (κ2) is 8.31. The molecule has 5 nitrogen and oxygen atoms in total. The van der Waals surface area contributed by atoms with Crippen LogP contribution in [0.25, 0.3) is 6.08 Å². The first kappa shape index (κ1) is 15.4. The summed E-state index contributed by atoms with van der Waals surface area (Å²) in [5.74, 6) is -0.316. The lowest BCUT2D eigenvalue weighted by molar-refractivity contribution is -0.198. The van der Waals surface area contributed by atoms with Gasteiger partial charge in [-0.15, -0.1) is 11.3 Å². The van der Waals surface area contributed by atoms with Gasteiger partial charge in [-0.25, -0.2) is 15.3 Å². The fraction of sp³-hybridized carbons (Fsp3) is 0.385. The van der Waals surface area contributed by atoms with Crippen LogP contribution in [0.1, 0.15) is 25.0 Å². The van der Waals surface area contributed by atoms with Gasteiger partial charge in [0.25, 0.3) is 5.91 Å². The van der Waals surface area contributed by atoms with Crippen molar-refractivity contribution in [1.29, 1.82) is 0 Å². The van der Waals surface area contributed by atoms with Gasteiger partial charge in [0.1, 0.15) is 0 Å². The lowest BCUT2D eigenvalue weighted by Crippen LogP contribution is -2.32. The van der Waals surface area contributed by atoms with E-state index in [2.05, 4.69) is 26.4 Å². The summed E-state index contributed by atoms with van der Waals surface area (Å²) in [6, 6.07) is 0. The molecule has 1 aliphatic rings. The van der Waals surface area contributed by atoms with Gasteiger partial charge >= 0.3 is 0 Å². The van der Waals surface area contributed by atoms with Crippen LogP contribution in [0.2, 0.25) is 0 Å². The molecule has 0 radical (unpaired) electrons. The van der Waals surface area contributed by atoms with E-state index in [1.165, 1.54) is 17.4 Å². The molecule has 0 aromatic carbocycles. The smallest absolute Gasteiger partial charge is 0.267 e. The van der Waals surface area contributed by atoms with Gasteiger partial charge in [0.15, 0.2) is 10.2 Å². The van der Waals surface area contributed by atoms with E-state index in [1.807, 2.05) is 11.5 Å². The number of halogens is 1. The summed E-state index contributed by atoms with van der Waals surface area (Å²) in [7, 11) is 0. The van der Waals surface area contributed by atoms with Crippen LogP contribution in [0.4, 0.5) is 0 Å². The molecule has 1 amide bonds. The minimum atomic E-state index is -0.330. The minimum Gasteiger partial charge on any atom is -0.350 e. The lowest BCUT2D eigenvalue weighted by Gasteiger charge is -2.21. The number of aromatic nitrogens is 1. The number of ether oxygens (including phenoxy) is 1. The molecule has 2 heterocycles. The van der Waals surface area contributed by atoms with Crippen molar-refractivity contribution in [2.75, 3.05) is 6.61 Å². The maximum Gasteiger partial charge on any atom is 0.267 e. The molecule has 108 valence electrons. The highest BCUT2D eigenvalue weighted by Crippen LogP contribution is 2.16. The number of rotatable bonds is 5. The van der Waals surface area contributed by atoms with Gasteiger partial charge in [-0.2, -0.15) is 0 Å². The van der Waals surface area contributed by atoms with Crippen LogP contribution >= 0.6 is 27.3 Å². The zero-order chi connectivity index (χ0) is 14.2. The molecule has 2 rings (SSSR count). The molecule has 1 fully saturated rings. The van der Waals surface area contributed by atoms with Crippen LogP contribution in [0, 0.1) is 0 Å². The maximum absolute atomic E-state index is 11.5. The molecule has 0 aliphatic carbocycles. The summed E-state index contributed by atoms with van der Waals surface area (Å²) < 4.78 is 6.16. The molecule has 1 atom stereocenters. The Morgan fingerprint density at radius 3 is 3.15 bits per heavy atom. The Morgan fingerprint density at radius 2 is 2.45 bits per heavy atom. The van der Waals surface area contributed by atoms with Gasteiger partial charge in [0.05, 0.1) is 5.69 Å². The number of hydrogen-bond acceptors (Lipinski definition) is 5. The van der Waals surface area contributed by atoms with Crippen molar-refractivity contribution in [2.24, 2.45) is 0 Å². The summed E-state index contributed by atoms with van der Waals surface area (Å²) in [6.07, 6.45) is 9.17. The number of thiazole rings is 1. The SMILES string of the molecule is O=C(/C=C/C=C/c1csc(Br)n1)NOC1CCCCO1. The third kappa shape index (κ3) is 5.54. The Morgan fingerprint density at radius 1 is 1.55 bits per heavy atom. The van der Waals surface area contributed by atoms with Gasteiger partial charge in [-0.1, -0.05) is 12.2 Å². The summed E-state index contributed by atoms with van der Waals surface area (Å²) in [6.45, 7) is 0.683. The Labute approximate surface area is 129 Å². The van der Waals surface area contributed by atoms with Crippen molar-refractivity contribution in [2.45, 2.75) is 25.6 Å². The fourth-order valence-electron chi connectivity index (χ4n) is 1.60. The van der Waals surface area contributed by atoms with E-state index in [0.29, 0.717) is 6.61 Å². The van der Waals surface area contributed by atoms with Gasteiger partial charge < -0.3 is 4.74 Å². The van der Waals surface area contributed by atoms with Gasteiger partial charge in [0.2, 0.25) is 0 Å². The number of hydroxylamine groups is 1. The van der Waals surface area contributed by atoms with E-state index >= 15 is 0 Å². The maximum atomic E-state index is 11.5. The highest BCUT2D eigenvalue weighted by atomic mass is 79.9. The summed E-state index contributed by atoms with van der Waals surface area (Å²) >= 11 is 4.80. The summed E-state index contributed by atoms with van der Waals surface area (Å²) in [5.41, 5.74) is 3.20. The molecule has 1 saturated heterocycles. The van der Waals surface area contributed by atoms with Crippen LogP contribution in [-0.4, -0.2) is 23.8 Å². The molecule has 0 bridgehead atoms. The summed E-state index contributed by atoms with van der Waals surface area (Å²) in [4.78, 5) is 20.8. The largest absolute Gasteiger partial charge is 0.350 e. The molecule has 0 spiro atoms. The zero-order valence-electron chi connectivity index (χ0n) is 10.8. The van der Waals surface area contributed by atoms with Crippen LogP contribution in [0.3, 0.4) is 0 Å². The van der Waals surface area contributed by atoms with E-state index < -0.39 is 0 Å². The minimum absolute atomic E-state index is 0.316. The Kier molecular flexibility index (Phi) is 6.38. The highest BCUT2D eigenvalue weighted by molar-refractivity contribution is 9.11. The van der Waals surface area contributed by atoms with E-state index in [9.17, 15) is 4.79 Å². The first-order valence-electron chi connectivity index (χ1n) is 6.27. The van der Waals surface area contributed by atoms with Crippen molar-refractivity contribution >= 4 is 39.2 Å². The Bertz CT molecular complexity index is 496. The first-order valence-corrected chi connectivity index (χ1v) is 7.94. The molecular weight excluding hydrogens is 344 g/mol. The number of nitrogens with zero attached hydrogens (tertiary/aromatic N) is 1. The number of nitrogens with one attached hydrogen (secondary N) is 1. The van der Waals surface area contributed by atoms with Crippen molar-refractivity contribution in [3.63, 3.8) is 0 Å². The topological polar surface area (TPSA) is 60.5 Å². The van der Waals surface area contributed by atoms with Crippen molar-refractivity contribution < 1.29 is 14.4 Å². The quantitative estimate of drug-likeness (QED) is 0.499. The third-order valence-corrected chi connectivity index (χ3v) is 3.93. The van der Waals surface area contributed by atoms with E-state index in [0.717, 1.165) is 28.9 Å². The Balaban J connectivity index is 1.68. The van der Waals surface area contributed by atoms with E-state index in [1.54, 1.807) is 12.2 Å². The van der Waals surface area contributed by atoms with Gasteiger partial charge in [-0.3, -0.25) is 4.79 Å². The number of allylic oxidation sites excluding steroid dienone is 2. The number of carbonyl (C=O) groups is 1. The van der Waals surface area contributed by atoms with Gasteiger partial charge in [0, 0.05) is 24.5 Å². The van der Waals surface area contributed by atoms with Crippen molar-refractivity contribution in [3.8, 4) is 0 Å². The van der Waals surface area contributed by atoms with Crippen LogP contribution < -0.4 is 5.48 Å². The standard InChI is InChI=1S/C13H15BrN2O3S/c14-13-15-10(9-20-13)5-1-2-6-11(17)16-19-12-7-3-4-8-18-12/h1-2,5-6,9,12H,3-4,7-8H2,(H,16,17)/b5-1+,6-2+. The van der Waals surface area contributed by atoms with E-state index in [4.69, 9.17) is 9.57 Å². The normalized spacial score (nSPS) is 19.8. The number of carbonyl (C=O) groups excluding carboxylic acids is 1. The third-order valence-electron chi connectivity index (χ3n) is 2.55. The average Bonchev–Trinajstić information content (AvgIpc) is 2.88. The molecule has 20 heavy (non-hydrogen) atoms. The Hall–Kier alpha value is -1.02. The fourth-order valence-corrected chi connectivity index (χ4v) is 2.59. The van der Waals surface area contributed by atoms with Crippen molar-refractivity contribution in [3.05, 3.63) is 33.2 Å². The molecule has 0 saturated carbocycles. The molecule has 1 aromatic rings. The summed E-state index contributed by atoms with van der Waals surface area (Å²) in [5, 5.41) is 1.91. The predicted octanol–water partition coefficient (Wildman–Crippen LogP) is 3.05. The second-order valence-electron chi connectivity index (χ2n) is 4.12. The zero-order valence-corrected chi connectivity index (χ0v) is 13.2. The highest BCUT2D eigenvalue weighted by Gasteiger charge is 2.14. The van der Waals surface area contributed by atoms with Crippen molar-refractivity contribution in [1.82, 2.24) is 10.5 Å². The lowest BCUT2D eigenvalue weighted by atomic mass is 10.2. The monoisotopic (exact) mass is 358 g/mol. The molecule has 1 aliphatic heterocycles. The molecular formula is C13H15BrN2O3S. The average molecular weight is 359 g/mol. The van der Waals surface area contributed by atoms with Crippen LogP contribution in [0.5, 0.6) is 0 Å². The molecule has 1 unspecified atom stereocenters. The molecule has 7 heteroatoms. The predicted molar refractivity (Wildman–Crippen MR) is 80.8 cm³/mol. The second-order valence-corrected chi connectivity index (χ2v) is 6.26. The number of amides is 1. The van der Waals surface area contributed by atoms with E-state index in [-0.39, 0.29) is 12.2 Å². The molecule has 1 aromatic heterocycles. The van der Waals surface area contributed by atoms with Crippen LogP contribution in [0.15, 0.2) is 27.5 Å². The van der Waals surface area contributed by atoms with Crippen LogP contribution in [-0.2, 0) is 14.4 Å². The first-order chi connectivity index (χ1) is 9.74. The molecule has 1 N–H and O–H groups in total. The van der Waals surface area contributed by atoms with Gasteiger partial charge in [-0.05, 0) is 34.8 Å². The number of hydrogen-bond donors (Lipinski definition) is 1.